The normalized spacial score (nSPS) is 15.7. The van der Waals surface area contributed by atoms with E-state index in [9.17, 15) is 0 Å². The molecule has 1 aromatic heterocycles. The molecule has 2 N–H and O–H groups in total. The standard InChI is InChI=1S/C18H23N3S.HI/c1-14-5-3-4-6-16(14)18(8-9-18)13-21-17(19-2)20-11-15-7-10-22-12-15;/h3-7,10,12H,8-9,11,13H2,1-2H3,(H2,19,20,21);1H. The minimum absolute atomic E-state index is 0. The van der Waals surface area contributed by atoms with Gasteiger partial charge in [0.15, 0.2) is 5.96 Å². The highest BCUT2D eigenvalue weighted by Gasteiger charge is 2.44. The number of halogens is 1. The second-order valence-electron chi connectivity index (χ2n) is 6.01. The van der Waals surface area contributed by atoms with Crippen molar-refractivity contribution in [1.82, 2.24) is 10.6 Å². The molecule has 1 aromatic carbocycles. The van der Waals surface area contributed by atoms with E-state index in [4.69, 9.17) is 0 Å². The van der Waals surface area contributed by atoms with E-state index in [1.165, 1.54) is 29.5 Å². The van der Waals surface area contributed by atoms with Gasteiger partial charge in [-0.2, -0.15) is 11.3 Å². The topological polar surface area (TPSA) is 36.4 Å². The summed E-state index contributed by atoms with van der Waals surface area (Å²) in [6, 6.07) is 10.9. The fraction of sp³-hybridized carbons (Fsp3) is 0.389. The molecule has 2 aromatic rings. The highest BCUT2D eigenvalue weighted by molar-refractivity contribution is 14.0. The van der Waals surface area contributed by atoms with Crippen molar-refractivity contribution in [2.24, 2.45) is 4.99 Å². The van der Waals surface area contributed by atoms with Crippen molar-refractivity contribution in [3.05, 3.63) is 57.8 Å². The SMILES string of the molecule is CN=C(NCc1ccsc1)NCC1(c2ccccc2C)CC1.I. The Kier molecular flexibility index (Phi) is 6.47. The molecule has 1 aliphatic rings. The van der Waals surface area contributed by atoms with Gasteiger partial charge in [-0.25, -0.2) is 0 Å². The van der Waals surface area contributed by atoms with Crippen LogP contribution in [0.25, 0.3) is 0 Å². The molecular weight excluding hydrogens is 417 g/mol. The van der Waals surface area contributed by atoms with Gasteiger partial charge in [-0.3, -0.25) is 4.99 Å². The summed E-state index contributed by atoms with van der Waals surface area (Å²) < 4.78 is 0. The molecular formula is C18H24IN3S. The Labute approximate surface area is 159 Å². The lowest BCUT2D eigenvalue weighted by Gasteiger charge is -2.20. The maximum atomic E-state index is 4.33. The summed E-state index contributed by atoms with van der Waals surface area (Å²) in [4.78, 5) is 4.33. The molecule has 0 bridgehead atoms. The van der Waals surface area contributed by atoms with E-state index < -0.39 is 0 Å². The summed E-state index contributed by atoms with van der Waals surface area (Å²) in [7, 11) is 1.83. The number of guanidine groups is 1. The fourth-order valence-electron chi connectivity index (χ4n) is 2.91. The predicted octanol–water partition coefficient (Wildman–Crippen LogP) is 4.07. The minimum Gasteiger partial charge on any atom is -0.356 e. The zero-order valence-electron chi connectivity index (χ0n) is 13.6. The first-order chi connectivity index (χ1) is 10.7. The average Bonchev–Trinajstić information content (AvgIpc) is 3.13. The molecule has 0 saturated heterocycles. The first-order valence-corrected chi connectivity index (χ1v) is 8.69. The molecule has 23 heavy (non-hydrogen) atoms. The van der Waals surface area contributed by atoms with Gasteiger partial charge in [-0.15, -0.1) is 24.0 Å². The maximum Gasteiger partial charge on any atom is 0.191 e. The molecule has 0 atom stereocenters. The van der Waals surface area contributed by atoms with Gasteiger partial charge in [0.2, 0.25) is 0 Å². The van der Waals surface area contributed by atoms with E-state index >= 15 is 0 Å². The van der Waals surface area contributed by atoms with Crippen LogP contribution in [0.3, 0.4) is 0 Å². The van der Waals surface area contributed by atoms with E-state index in [2.05, 4.69) is 63.6 Å². The lowest BCUT2D eigenvalue weighted by Crippen LogP contribution is -2.41. The second-order valence-corrected chi connectivity index (χ2v) is 6.79. The quantitative estimate of drug-likeness (QED) is 0.417. The number of aryl methyl sites for hydroxylation is 1. The average molecular weight is 441 g/mol. The number of thiophene rings is 1. The van der Waals surface area contributed by atoms with Crippen LogP contribution in [0.5, 0.6) is 0 Å². The molecule has 3 nitrogen and oxygen atoms in total. The molecule has 1 aliphatic carbocycles. The molecule has 0 radical (unpaired) electrons. The number of hydrogen-bond acceptors (Lipinski definition) is 2. The third kappa shape index (κ3) is 4.47. The summed E-state index contributed by atoms with van der Waals surface area (Å²) in [5, 5.41) is 11.2. The van der Waals surface area contributed by atoms with Gasteiger partial charge in [0.25, 0.3) is 0 Å². The first-order valence-electron chi connectivity index (χ1n) is 7.75. The highest BCUT2D eigenvalue weighted by atomic mass is 127. The Morgan fingerprint density at radius 3 is 2.61 bits per heavy atom. The summed E-state index contributed by atoms with van der Waals surface area (Å²) in [6.07, 6.45) is 2.51. The van der Waals surface area contributed by atoms with Crippen LogP contribution in [0.15, 0.2) is 46.1 Å². The molecule has 1 heterocycles. The molecule has 0 unspecified atom stereocenters. The van der Waals surface area contributed by atoms with Gasteiger partial charge in [0, 0.05) is 25.6 Å². The fourth-order valence-corrected chi connectivity index (χ4v) is 3.58. The van der Waals surface area contributed by atoms with Crippen LogP contribution >= 0.6 is 35.3 Å². The number of hydrogen-bond donors (Lipinski definition) is 2. The van der Waals surface area contributed by atoms with Crippen molar-refractivity contribution in [2.75, 3.05) is 13.6 Å². The predicted molar refractivity (Wildman–Crippen MR) is 110 cm³/mol. The smallest absolute Gasteiger partial charge is 0.191 e. The minimum atomic E-state index is 0. The zero-order chi connectivity index (χ0) is 15.4. The second kappa shape index (κ2) is 8.15. The molecule has 0 amide bonds. The van der Waals surface area contributed by atoms with E-state index in [0.29, 0.717) is 5.41 Å². The molecule has 1 saturated carbocycles. The Balaban J connectivity index is 0.00000192. The van der Waals surface area contributed by atoms with Crippen molar-refractivity contribution in [3.8, 4) is 0 Å². The number of nitrogens with zero attached hydrogens (tertiary/aromatic N) is 1. The van der Waals surface area contributed by atoms with Crippen LogP contribution in [-0.4, -0.2) is 19.6 Å². The first kappa shape index (κ1) is 18.3. The molecule has 5 heteroatoms. The van der Waals surface area contributed by atoms with E-state index in [0.717, 1.165) is 19.0 Å². The van der Waals surface area contributed by atoms with Crippen molar-refractivity contribution < 1.29 is 0 Å². The van der Waals surface area contributed by atoms with Crippen molar-refractivity contribution in [3.63, 3.8) is 0 Å². The monoisotopic (exact) mass is 441 g/mol. The zero-order valence-corrected chi connectivity index (χ0v) is 16.8. The number of benzene rings is 1. The third-order valence-corrected chi connectivity index (χ3v) is 5.16. The Bertz CT molecular complexity index is 648. The molecule has 1 fully saturated rings. The van der Waals surface area contributed by atoms with Crippen LogP contribution in [0, 0.1) is 6.92 Å². The highest BCUT2D eigenvalue weighted by Crippen LogP contribution is 2.48. The molecule has 0 aliphatic heterocycles. The molecule has 0 spiro atoms. The van der Waals surface area contributed by atoms with Crippen molar-refractivity contribution in [1.29, 1.82) is 0 Å². The van der Waals surface area contributed by atoms with Gasteiger partial charge in [-0.05, 0) is 53.3 Å². The largest absolute Gasteiger partial charge is 0.356 e. The van der Waals surface area contributed by atoms with Gasteiger partial charge >= 0.3 is 0 Å². The third-order valence-electron chi connectivity index (χ3n) is 4.43. The van der Waals surface area contributed by atoms with E-state index in [1.807, 2.05) is 7.05 Å². The summed E-state index contributed by atoms with van der Waals surface area (Å²) in [5.74, 6) is 0.881. The summed E-state index contributed by atoms with van der Waals surface area (Å²) >= 11 is 1.73. The number of nitrogens with one attached hydrogen (secondary N) is 2. The Hall–Kier alpha value is -1.08. The maximum absolute atomic E-state index is 4.33. The van der Waals surface area contributed by atoms with Gasteiger partial charge < -0.3 is 10.6 Å². The lowest BCUT2D eigenvalue weighted by molar-refractivity contribution is 0.642. The van der Waals surface area contributed by atoms with Crippen LogP contribution in [0.2, 0.25) is 0 Å². The lowest BCUT2D eigenvalue weighted by atomic mass is 9.92. The van der Waals surface area contributed by atoms with Crippen LogP contribution in [0.4, 0.5) is 0 Å². The van der Waals surface area contributed by atoms with Gasteiger partial charge in [-0.1, -0.05) is 24.3 Å². The Morgan fingerprint density at radius 2 is 2.00 bits per heavy atom. The molecule has 3 rings (SSSR count). The number of aliphatic imine (C=N–C) groups is 1. The van der Waals surface area contributed by atoms with Crippen molar-refractivity contribution in [2.45, 2.75) is 31.7 Å². The molecule has 124 valence electrons. The summed E-state index contributed by atoms with van der Waals surface area (Å²) in [5.41, 5.74) is 4.47. The van der Waals surface area contributed by atoms with Crippen LogP contribution in [-0.2, 0) is 12.0 Å². The van der Waals surface area contributed by atoms with E-state index in [-0.39, 0.29) is 24.0 Å². The van der Waals surface area contributed by atoms with Crippen LogP contribution < -0.4 is 10.6 Å². The van der Waals surface area contributed by atoms with Gasteiger partial charge in [0.05, 0.1) is 0 Å². The van der Waals surface area contributed by atoms with E-state index in [1.54, 1.807) is 11.3 Å². The van der Waals surface area contributed by atoms with Crippen molar-refractivity contribution >= 4 is 41.3 Å². The van der Waals surface area contributed by atoms with Crippen LogP contribution in [0.1, 0.15) is 29.5 Å². The Morgan fingerprint density at radius 1 is 1.22 bits per heavy atom. The number of rotatable bonds is 5. The summed E-state index contributed by atoms with van der Waals surface area (Å²) in [6.45, 7) is 3.97. The van der Waals surface area contributed by atoms with Gasteiger partial charge in [0.1, 0.15) is 0 Å².